The maximum atomic E-state index is 11.8. The molecule has 1 atom stereocenters. The molecule has 1 amide bonds. The molecule has 0 aromatic rings. The molecule has 82 valence electrons. The van der Waals surface area contributed by atoms with Gasteiger partial charge in [0.15, 0.2) is 0 Å². The van der Waals surface area contributed by atoms with Gasteiger partial charge in [-0.15, -0.1) is 0 Å². The monoisotopic (exact) mass is 198 g/mol. The molecule has 1 unspecified atom stereocenters. The number of hydrogen-bond acceptors (Lipinski definition) is 2. The molecule has 0 aromatic heterocycles. The highest BCUT2D eigenvalue weighted by atomic mass is 16.2. The van der Waals surface area contributed by atoms with Crippen molar-refractivity contribution < 1.29 is 4.79 Å². The Morgan fingerprint density at radius 1 is 1.57 bits per heavy atom. The van der Waals surface area contributed by atoms with Gasteiger partial charge in [-0.1, -0.05) is 13.3 Å². The molecular formula is C11H22N2O. The maximum absolute atomic E-state index is 11.8. The van der Waals surface area contributed by atoms with Gasteiger partial charge >= 0.3 is 0 Å². The third-order valence-corrected chi connectivity index (χ3v) is 3.17. The number of amides is 1. The van der Waals surface area contributed by atoms with E-state index in [0.29, 0.717) is 6.54 Å². The number of carbonyl (C=O) groups excluding carboxylic acids is 1. The summed E-state index contributed by atoms with van der Waals surface area (Å²) in [6.07, 6.45) is 5.38. The summed E-state index contributed by atoms with van der Waals surface area (Å²) in [5, 5.41) is 3.11. The van der Waals surface area contributed by atoms with E-state index >= 15 is 0 Å². The van der Waals surface area contributed by atoms with Gasteiger partial charge in [-0.3, -0.25) is 4.79 Å². The third-order valence-electron chi connectivity index (χ3n) is 3.17. The number of nitrogens with one attached hydrogen (secondary N) is 1. The van der Waals surface area contributed by atoms with Gasteiger partial charge in [0.25, 0.3) is 0 Å². The molecule has 0 heterocycles. The van der Waals surface area contributed by atoms with Crippen LogP contribution in [0.1, 0.15) is 46.0 Å². The van der Waals surface area contributed by atoms with Crippen molar-refractivity contribution in [2.24, 2.45) is 11.7 Å². The van der Waals surface area contributed by atoms with Crippen LogP contribution >= 0.6 is 0 Å². The van der Waals surface area contributed by atoms with Crippen LogP contribution in [-0.4, -0.2) is 18.0 Å². The van der Waals surface area contributed by atoms with E-state index in [1.807, 2.05) is 0 Å². The summed E-state index contributed by atoms with van der Waals surface area (Å²) < 4.78 is 0. The lowest BCUT2D eigenvalue weighted by Gasteiger charge is -2.40. The zero-order valence-electron chi connectivity index (χ0n) is 9.31. The lowest BCUT2D eigenvalue weighted by molar-refractivity contribution is -0.127. The first kappa shape index (κ1) is 11.5. The minimum Gasteiger partial charge on any atom is -0.351 e. The van der Waals surface area contributed by atoms with Gasteiger partial charge in [-0.2, -0.15) is 0 Å². The summed E-state index contributed by atoms with van der Waals surface area (Å²) in [7, 11) is 0. The first-order valence-electron chi connectivity index (χ1n) is 5.63. The SMILES string of the molecule is CCCC(CN)C(=O)NC1(C)CCC1. The van der Waals surface area contributed by atoms with E-state index in [0.717, 1.165) is 25.7 Å². The second kappa shape index (κ2) is 4.78. The average Bonchev–Trinajstić information content (AvgIpc) is 2.11. The van der Waals surface area contributed by atoms with Crippen molar-refractivity contribution in [3.05, 3.63) is 0 Å². The Labute approximate surface area is 86.4 Å². The first-order chi connectivity index (χ1) is 6.61. The summed E-state index contributed by atoms with van der Waals surface area (Å²) in [6.45, 7) is 4.67. The zero-order valence-corrected chi connectivity index (χ0v) is 9.31. The molecule has 1 saturated carbocycles. The predicted molar refractivity (Wildman–Crippen MR) is 57.9 cm³/mol. The van der Waals surface area contributed by atoms with Crippen molar-refractivity contribution >= 4 is 5.91 Å². The van der Waals surface area contributed by atoms with Gasteiger partial charge < -0.3 is 11.1 Å². The quantitative estimate of drug-likeness (QED) is 0.702. The highest BCUT2D eigenvalue weighted by Gasteiger charge is 2.34. The first-order valence-corrected chi connectivity index (χ1v) is 5.63. The van der Waals surface area contributed by atoms with Crippen molar-refractivity contribution in [1.82, 2.24) is 5.32 Å². The fraction of sp³-hybridized carbons (Fsp3) is 0.909. The van der Waals surface area contributed by atoms with Gasteiger partial charge in [-0.25, -0.2) is 0 Å². The summed E-state index contributed by atoms with van der Waals surface area (Å²) >= 11 is 0. The maximum Gasteiger partial charge on any atom is 0.224 e. The molecule has 0 aromatic carbocycles. The molecule has 0 radical (unpaired) electrons. The Kier molecular flexibility index (Phi) is 3.93. The van der Waals surface area contributed by atoms with Crippen LogP contribution in [0.2, 0.25) is 0 Å². The number of carbonyl (C=O) groups is 1. The van der Waals surface area contributed by atoms with E-state index in [2.05, 4.69) is 19.2 Å². The van der Waals surface area contributed by atoms with Crippen LogP contribution in [0.4, 0.5) is 0 Å². The lowest BCUT2D eigenvalue weighted by atomic mass is 9.78. The average molecular weight is 198 g/mol. The summed E-state index contributed by atoms with van der Waals surface area (Å²) in [4.78, 5) is 11.8. The zero-order chi connectivity index (χ0) is 10.6. The van der Waals surface area contributed by atoms with E-state index in [-0.39, 0.29) is 17.4 Å². The number of nitrogens with two attached hydrogens (primary N) is 1. The van der Waals surface area contributed by atoms with Crippen LogP contribution in [0, 0.1) is 5.92 Å². The minimum absolute atomic E-state index is 0.0115. The molecule has 0 saturated heterocycles. The highest BCUT2D eigenvalue weighted by Crippen LogP contribution is 2.31. The normalized spacial score (nSPS) is 21.1. The second-order valence-corrected chi connectivity index (χ2v) is 4.62. The Morgan fingerprint density at radius 2 is 2.21 bits per heavy atom. The fourth-order valence-electron chi connectivity index (χ4n) is 1.94. The molecule has 3 N–H and O–H groups in total. The van der Waals surface area contributed by atoms with Crippen molar-refractivity contribution in [3.63, 3.8) is 0 Å². The van der Waals surface area contributed by atoms with Gasteiger partial charge in [0.05, 0.1) is 5.92 Å². The minimum atomic E-state index is 0.0115. The van der Waals surface area contributed by atoms with E-state index in [1.165, 1.54) is 6.42 Å². The fourth-order valence-corrected chi connectivity index (χ4v) is 1.94. The highest BCUT2D eigenvalue weighted by molar-refractivity contribution is 5.79. The number of hydrogen-bond donors (Lipinski definition) is 2. The summed E-state index contributed by atoms with van der Waals surface area (Å²) in [5.74, 6) is 0.161. The van der Waals surface area contributed by atoms with Crippen molar-refractivity contribution in [3.8, 4) is 0 Å². The Balaban J connectivity index is 2.38. The lowest BCUT2D eigenvalue weighted by Crippen LogP contribution is -2.53. The Hall–Kier alpha value is -0.570. The van der Waals surface area contributed by atoms with Gasteiger partial charge in [0.2, 0.25) is 5.91 Å². The molecule has 0 bridgehead atoms. The van der Waals surface area contributed by atoms with Crippen molar-refractivity contribution in [2.75, 3.05) is 6.54 Å². The predicted octanol–water partition coefficient (Wildman–Crippen LogP) is 1.42. The molecule has 14 heavy (non-hydrogen) atoms. The summed E-state index contributed by atoms with van der Waals surface area (Å²) in [5.41, 5.74) is 5.64. The van der Waals surface area contributed by atoms with Gasteiger partial charge in [-0.05, 0) is 32.6 Å². The molecular weight excluding hydrogens is 176 g/mol. The molecule has 1 rings (SSSR count). The Morgan fingerprint density at radius 3 is 2.57 bits per heavy atom. The smallest absolute Gasteiger partial charge is 0.224 e. The number of rotatable bonds is 5. The standard InChI is InChI=1S/C11H22N2O/c1-3-5-9(8-12)10(14)13-11(2)6-4-7-11/h9H,3-8,12H2,1-2H3,(H,13,14). The largest absolute Gasteiger partial charge is 0.351 e. The molecule has 3 heteroatoms. The van der Waals surface area contributed by atoms with Crippen LogP contribution in [0.15, 0.2) is 0 Å². The van der Waals surface area contributed by atoms with E-state index in [4.69, 9.17) is 5.73 Å². The third kappa shape index (κ3) is 2.71. The molecule has 1 aliphatic rings. The molecule has 0 spiro atoms. The van der Waals surface area contributed by atoms with Gasteiger partial charge in [0.1, 0.15) is 0 Å². The van der Waals surface area contributed by atoms with Crippen LogP contribution in [0.3, 0.4) is 0 Å². The topological polar surface area (TPSA) is 55.1 Å². The molecule has 0 aliphatic heterocycles. The molecule has 1 fully saturated rings. The van der Waals surface area contributed by atoms with Crippen LogP contribution in [-0.2, 0) is 4.79 Å². The van der Waals surface area contributed by atoms with E-state index in [1.54, 1.807) is 0 Å². The Bertz CT molecular complexity index is 199. The van der Waals surface area contributed by atoms with Gasteiger partial charge in [0, 0.05) is 12.1 Å². The van der Waals surface area contributed by atoms with Crippen molar-refractivity contribution in [2.45, 2.75) is 51.5 Å². The summed E-state index contributed by atoms with van der Waals surface area (Å²) in [6, 6.07) is 0. The molecule has 1 aliphatic carbocycles. The second-order valence-electron chi connectivity index (χ2n) is 4.62. The van der Waals surface area contributed by atoms with Crippen LogP contribution < -0.4 is 11.1 Å². The molecule has 3 nitrogen and oxygen atoms in total. The van der Waals surface area contributed by atoms with Crippen molar-refractivity contribution in [1.29, 1.82) is 0 Å². The van der Waals surface area contributed by atoms with E-state index in [9.17, 15) is 4.79 Å². The van der Waals surface area contributed by atoms with E-state index < -0.39 is 0 Å². The van der Waals surface area contributed by atoms with Crippen LogP contribution in [0.25, 0.3) is 0 Å². The van der Waals surface area contributed by atoms with Crippen LogP contribution in [0.5, 0.6) is 0 Å².